The molecule has 0 aliphatic carbocycles. The summed E-state index contributed by atoms with van der Waals surface area (Å²) in [6.45, 7) is -0.348. The summed E-state index contributed by atoms with van der Waals surface area (Å²) in [5, 5.41) is 3.67. The van der Waals surface area contributed by atoms with E-state index < -0.39 is 6.48 Å². The zero-order valence-corrected chi connectivity index (χ0v) is 11.8. The van der Waals surface area contributed by atoms with E-state index >= 15 is 0 Å². The lowest BCUT2D eigenvalue weighted by Crippen LogP contribution is -2.60. The Kier molecular flexibility index (Phi) is 3.85. The minimum Gasteiger partial charge on any atom is -0.673 e. The first-order valence-corrected chi connectivity index (χ1v) is 8.13. The number of carbonyl (C=O) groups excluding carboxylic acids is 1. The van der Waals surface area contributed by atoms with E-state index in [-0.39, 0.29) is 12.0 Å². The van der Waals surface area contributed by atoms with Crippen molar-refractivity contribution in [1.29, 1.82) is 0 Å². The van der Waals surface area contributed by atoms with Crippen molar-refractivity contribution in [2.75, 3.05) is 6.54 Å². The zero-order valence-electron chi connectivity index (χ0n) is 11.8. The predicted molar refractivity (Wildman–Crippen MR) is 76.9 cm³/mol. The summed E-state index contributed by atoms with van der Waals surface area (Å²) in [7, 11) is 0. The average molecular weight is 265 g/mol. The molecule has 19 heavy (non-hydrogen) atoms. The number of hydrogen-bond acceptors (Lipinski definition) is 4. The molecule has 3 saturated heterocycles. The Bertz CT molecular complexity index is 328. The van der Waals surface area contributed by atoms with Crippen molar-refractivity contribution in [3.63, 3.8) is 0 Å². The molecule has 3 heterocycles. The van der Waals surface area contributed by atoms with Crippen LogP contribution in [0.25, 0.3) is 0 Å². The summed E-state index contributed by atoms with van der Waals surface area (Å²) in [5.74, 6) is 1.22. The highest BCUT2D eigenvalue weighted by Crippen LogP contribution is 2.53. The van der Waals surface area contributed by atoms with Crippen molar-refractivity contribution in [3.8, 4) is 0 Å². The smallest absolute Gasteiger partial charge is 0.273 e. The molecule has 1 spiro atoms. The van der Waals surface area contributed by atoms with Gasteiger partial charge in [-0.25, -0.2) is 0 Å². The fourth-order valence-electron chi connectivity index (χ4n) is 4.80. The van der Waals surface area contributed by atoms with Gasteiger partial charge in [0.05, 0.1) is 6.04 Å². The van der Waals surface area contributed by atoms with Crippen LogP contribution in [0.1, 0.15) is 57.8 Å². The molecule has 3 fully saturated rings. The molecule has 4 nitrogen and oxygen atoms in total. The first kappa shape index (κ1) is 13.4. The largest absolute Gasteiger partial charge is 0.673 e. The molecule has 3 rings (SSSR count). The van der Waals surface area contributed by atoms with Gasteiger partial charge in [0.2, 0.25) is 6.48 Å². The molecule has 108 valence electrons. The SMILES string of the molecule is NCCCC[C@@H]1N[B-]2(OC1=O)C1CCCC2CCC1. The Hall–Kier alpha value is -0.545. The van der Waals surface area contributed by atoms with Crippen LogP contribution in [0.2, 0.25) is 11.6 Å². The van der Waals surface area contributed by atoms with E-state index in [1.807, 2.05) is 0 Å². The standard InChI is InChI=1S/C14H26BN2O2/c16-10-2-1-9-13-14(18)19-15(17-13)11-5-3-6-12(15)8-4-7-11/h11-13,17H,1-10,16H2/q-1/t11?,12?,13-,15?/m0/s1. The van der Waals surface area contributed by atoms with Crippen molar-refractivity contribution in [2.24, 2.45) is 5.73 Å². The van der Waals surface area contributed by atoms with E-state index in [1.54, 1.807) is 0 Å². The molecule has 2 bridgehead atoms. The molecule has 3 N–H and O–H groups in total. The molecular weight excluding hydrogens is 239 g/mol. The second-order valence-electron chi connectivity index (χ2n) is 6.74. The van der Waals surface area contributed by atoms with Crippen LogP contribution in [0, 0.1) is 0 Å². The van der Waals surface area contributed by atoms with E-state index in [9.17, 15) is 4.79 Å². The van der Waals surface area contributed by atoms with Crippen molar-refractivity contribution >= 4 is 12.5 Å². The highest BCUT2D eigenvalue weighted by molar-refractivity contribution is 6.77. The summed E-state index contributed by atoms with van der Waals surface area (Å²) < 4.78 is 5.98. The number of rotatable bonds is 4. The third-order valence-electron chi connectivity index (χ3n) is 5.70. The zero-order chi connectivity index (χ0) is 13.3. The number of unbranched alkanes of at least 4 members (excludes halogenated alkanes) is 1. The first-order chi connectivity index (χ1) is 9.26. The lowest BCUT2D eigenvalue weighted by Gasteiger charge is -2.55. The Morgan fingerprint density at radius 3 is 2.37 bits per heavy atom. The van der Waals surface area contributed by atoms with Crippen LogP contribution in [-0.2, 0) is 9.45 Å². The average Bonchev–Trinajstić information content (AvgIpc) is 2.67. The molecule has 3 aliphatic rings. The van der Waals surface area contributed by atoms with E-state index in [2.05, 4.69) is 5.23 Å². The molecule has 0 amide bonds. The van der Waals surface area contributed by atoms with Gasteiger partial charge in [0.25, 0.3) is 5.97 Å². The van der Waals surface area contributed by atoms with Crippen molar-refractivity contribution in [2.45, 2.75) is 75.5 Å². The maximum Gasteiger partial charge on any atom is 0.273 e. The van der Waals surface area contributed by atoms with E-state index in [0.717, 1.165) is 19.3 Å². The minimum atomic E-state index is -1.06. The predicted octanol–water partition coefficient (Wildman–Crippen LogP) is 2.18. The van der Waals surface area contributed by atoms with E-state index in [0.29, 0.717) is 18.2 Å². The lowest BCUT2D eigenvalue weighted by molar-refractivity contribution is -0.134. The highest BCUT2D eigenvalue weighted by atomic mass is 16.5. The van der Waals surface area contributed by atoms with Crippen molar-refractivity contribution in [3.05, 3.63) is 0 Å². The van der Waals surface area contributed by atoms with Gasteiger partial charge in [-0.05, 0) is 19.4 Å². The number of nitrogens with two attached hydrogens (primary N) is 1. The molecule has 0 aromatic heterocycles. The molecule has 0 aromatic carbocycles. The third-order valence-corrected chi connectivity index (χ3v) is 5.70. The minimum absolute atomic E-state index is 0.0100. The van der Waals surface area contributed by atoms with Gasteiger partial charge in [-0.15, -0.1) is 11.6 Å². The summed E-state index contributed by atoms with van der Waals surface area (Å²) in [6, 6.07) is -0.0623. The topological polar surface area (TPSA) is 64.3 Å². The maximum atomic E-state index is 12.2. The Morgan fingerprint density at radius 2 is 1.79 bits per heavy atom. The summed E-state index contributed by atoms with van der Waals surface area (Å²) in [5.41, 5.74) is 5.53. The second-order valence-corrected chi connectivity index (χ2v) is 6.74. The number of nitrogens with one attached hydrogen (secondary N) is 1. The lowest BCUT2D eigenvalue weighted by atomic mass is 9.28. The quantitative estimate of drug-likeness (QED) is 0.604. The monoisotopic (exact) mass is 265 g/mol. The van der Waals surface area contributed by atoms with Crippen LogP contribution in [0.3, 0.4) is 0 Å². The van der Waals surface area contributed by atoms with E-state index in [1.165, 1.54) is 38.5 Å². The number of carbonyl (C=O) groups is 1. The number of hydrogen-bond donors (Lipinski definition) is 2. The molecule has 0 unspecified atom stereocenters. The fourth-order valence-corrected chi connectivity index (χ4v) is 4.80. The Balaban J connectivity index is 1.70. The molecule has 0 saturated carbocycles. The molecule has 5 heteroatoms. The van der Waals surface area contributed by atoms with Crippen LogP contribution < -0.4 is 11.0 Å². The highest BCUT2D eigenvalue weighted by Gasteiger charge is 2.52. The summed E-state index contributed by atoms with van der Waals surface area (Å²) >= 11 is 0. The van der Waals surface area contributed by atoms with Crippen molar-refractivity contribution < 1.29 is 9.45 Å². The third kappa shape index (κ3) is 2.31. The molecule has 1 atom stereocenters. The van der Waals surface area contributed by atoms with Gasteiger partial charge in [0.15, 0.2) is 0 Å². The van der Waals surface area contributed by atoms with Crippen molar-refractivity contribution in [1.82, 2.24) is 5.23 Å². The van der Waals surface area contributed by atoms with Gasteiger partial charge in [-0.3, -0.25) is 4.79 Å². The molecule has 3 aliphatic heterocycles. The van der Waals surface area contributed by atoms with Crippen LogP contribution in [0.4, 0.5) is 0 Å². The van der Waals surface area contributed by atoms with E-state index in [4.69, 9.17) is 10.4 Å². The van der Waals surface area contributed by atoms with Gasteiger partial charge in [-0.1, -0.05) is 44.9 Å². The van der Waals surface area contributed by atoms with Crippen LogP contribution >= 0.6 is 0 Å². The normalized spacial score (nSPS) is 41.5. The van der Waals surface area contributed by atoms with Crippen LogP contribution in [0.15, 0.2) is 0 Å². The molecule has 0 radical (unpaired) electrons. The second kappa shape index (κ2) is 5.45. The van der Waals surface area contributed by atoms with Gasteiger partial charge in [0, 0.05) is 0 Å². The molecular formula is C14H26BN2O2-. The Morgan fingerprint density at radius 1 is 1.16 bits per heavy atom. The first-order valence-electron chi connectivity index (χ1n) is 8.13. The summed E-state index contributed by atoms with van der Waals surface area (Å²) in [4.78, 5) is 12.2. The van der Waals surface area contributed by atoms with Gasteiger partial charge in [0.1, 0.15) is 0 Å². The summed E-state index contributed by atoms with van der Waals surface area (Å²) in [6.07, 6.45) is 10.5. The van der Waals surface area contributed by atoms with Gasteiger partial charge < -0.3 is 15.6 Å². The maximum absolute atomic E-state index is 12.2. The van der Waals surface area contributed by atoms with Crippen LogP contribution in [0.5, 0.6) is 0 Å². The van der Waals surface area contributed by atoms with Gasteiger partial charge >= 0.3 is 0 Å². The fraction of sp³-hybridized carbons (Fsp3) is 0.929. The Labute approximate surface area is 115 Å². The van der Waals surface area contributed by atoms with Gasteiger partial charge in [-0.2, -0.15) is 0 Å². The molecule has 0 aromatic rings. The van der Waals surface area contributed by atoms with Crippen LogP contribution in [-0.4, -0.2) is 25.0 Å².